The molecule has 1 aliphatic carbocycles. The number of aliphatic hydroxyl groups excluding tert-OH is 1. The SMILES string of the molecule is CCC.CCC(=O)OCC1c2ccccc2-c2ccccc21.CCCC(=O)[C@H](C)N.CCCC(=O)[C@H](C)NC(=O)[C@H](C)[C@@H](OC)[C@@H]1CCCN1.CC[C@H](C)C([C@@H](CC(=O)N1CCC[C@H]1[C@H](OC)[C@@H](C)C(=O)N[C@@H](C)C(=O)CCO)OC)N(C)C(=O)[C@@H](CC(=O)[C@H](C(C)C)N(C)C)C(C)C. The van der Waals surface area contributed by atoms with E-state index < -0.39 is 42.2 Å². The number of aliphatic hydroxyl groups is 1. The molecule has 14 atom stereocenters. The Hall–Kier alpha value is -5.81. The lowest BCUT2D eigenvalue weighted by molar-refractivity contribution is -0.149. The molecule has 1 unspecified atom stereocenters. The zero-order valence-electron chi connectivity index (χ0n) is 64.8. The monoisotopic (exact) mass is 1390 g/mol. The number of rotatable bonds is 36. The third-order valence-electron chi connectivity index (χ3n) is 19.2. The number of hydrogen-bond donors (Lipinski definition) is 5. The van der Waals surface area contributed by atoms with Crippen LogP contribution >= 0.6 is 0 Å². The van der Waals surface area contributed by atoms with Crippen molar-refractivity contribution in [2.24, 2.45) is 41.2 Å². The predicted octanol–water partition coefficient (Wildman–Crippen LogP) is 10.3. The molecular formula is C78H133N7O14. The quantitative estimate of drug-likeness (QED) is 0.0397. The van der Waals surface area contributed by atoms with E-state index in [-0.39, 0.29) is 138 Å². The number of fused-ring (bicyclic) bond motifs is 3. The van der Waals surface area contributed by atoms with Gasteiger partial charge in [-0.25, -0.2) is 0 Å². The highest BCUT2D eigenvalue weighted by Crippen LogP contribution is 2.44. The maximum atomic E-state index is 14.2. The van der Waals surface area contributed by atoms with Crippen molar-refractivity contribution in [3.63, 3.8) is 0 Å². The Morgan fingerprint density at radius 1 is 0.646 bits per heavy atom. The number of esters is 1. The molecule has 6 N–H and O–H groups in total. The number of benzene rings is 2. The standard InChI is InChI=1S/C37H68N4O8.C17H16O2.C15H28N2O3.C6H13NO.C3H8/c1-14-24(6)34(40(11)37(47)27(22(2)3)20-30(44)33(23(4)5)39(9)10)31(48-12)21-32(45)41-18-15-16-28(41)35(49-13)25(7)36(46)38-26(8)29(43)17-19-42;1-2-17(18)19-11-16-14-9-5-3-7-12(14)13-8-4-6-10-15(13)16;1-5-7-13(18)11(3)17-15(19)10(2)14(20-4)12-8-6-9-16-12;1-3-4-6(8)5(2)7;1-3-2/h22-28,31,33-35,42H,14-21H2,1-13H3,(H,38,46);3-10,16H,2,11H2,1H3;10-12,14,16H,5-9H2,1-4H3,(H,17,19);5H,3-4,7H2,1-2H3;3H2,1-2H3/t24-,25+,26-,27-,28-,31+,33-,34?,35+;;10-,11+,12+,14-;5-;/m0.10./s1. The lowest BCUT2D eigenvalue weighted by Crippen LogP contribution is -2.54. The molecule has 0 saturated carbocycles. The predicted molar refractivity (Wildman–Crippen MR) is 394 cm³/mol. The van der Waals surface area contributed by atoms with Crippen LogP contribution < -0.4 is 21.7 Å². The molecule has 564 valence electrons. The Bertz CT molecular complexity index is 2700. The summed E-state index contributed by atoms with van der Waals surface area (Å²) >= 11 is 0. The summed E-state index contributed by atoms with van der Waals surface area (Å²) in [7, 11) is 10.3. The first-order valence-corrected chi connectivity index (χ1v) is 36.8. The molecule has 5 rings (SSSR count). The van der Waals surface area contributed by atoms with Gasteiger partial charge in [0.2, 0.25) is 23.6 Å². The van der Waals surface area contributed by atoms with Crippen LogP contribution in [0.2, 0.25) is 0 Å². The summed E-state index contributed by atoms with van der Waals surface area (Å²) in [4.78, 5) is 118. The lowest BCUT2D eigenvalue weighted by Gasteiger charge is -2.41. The minimum atomic E-state index is -0.751. The summed E-state index contributed by atoms with van der Waals surface area (Å²) in [5, 5.41) is 18.0. The number of nitrogens with two attached hydrogens (primary N) is 1. The van der Waals surface area contributed by atoms with Gasteiger partial charge in [-0.3, -0.25) is 48.1 Å². The highest BCUT2D eigenvalue weighted by molar-refractivity contribution is 5.92. The van der Waals surface area contributed by atoms with Crippen LogP contribution in [0.3, 0.4) is 0 Å². The molecule has 2 aliphatic heterocycles. The summed E-state index contributed by atoms with van der Waals surface area (Å²) in [6.45, 7) is 32.3. The fraction of sp³-hybridized carbons (Fsp3) is 0.731. The zero-order valence-corrected chi connectivity index (χ0v) is 64.8. The van der Waals surface area contributed by atoms with E-state index in [0.29, 0.717) is 38.8 Å². The number of likely N-dealkylation sites (tertiary alicyclic amines) is 1. The van der Waals surface area contributed by atoms with Crippen molar-refractivity contribution < 1.29 is 67.2 Å². The van der Waals surface area contributed by atoms with Gasteiger partial charge in [0.25, 0.3) is 0 Å². The normalized spacial score (nSPS) is 18.3. The van der Waals surface area contributed by atoms with Crippen LogP contribution in [0.5, 0.6) is 0 Å². The van der Waals surface area contributed by atoms with E-state index in [1.165, 1.54) is 35.8 Å². The summed E-state index contributed by atoms with van der Waals surface area (Å²) in [5.74, 6) is -2.09. The third kappa shape index (κ3) is 28.9. The molecule has 2 aromatic rings. The van der Waals surface area contributed by atoms with Gasteiger partial charge in [-0.2, -0.15) is 0 Å². The fourth-order valence-corrected chi connectivity index (χ4v) is 13.5. The highest BCUT2D eigenvalue weighted by Gasteiger charge is 2.44. The molecular weight excluding hydrogens is 1260 g/mol. The topological polar surface area (TPSA) is 283 Å². The first-order valence-electron chi connectivity index (χ1n) is 36.8. The molecule has 2 saturated heterocycles. The van der Waals surface area contributed by atoms with Crippen molar-refractivity contribution in [2.45, 2.75) is 267 Å². The summed E-state index contributed by atoms with van der Waals surface area (Å²) in [6, 6.07) is 14.4. The van der Waals surface area contributed by atoms with Crippen LogP contribution in [-0.4, -0.2) is 202 Å². The number of amides is 4. The molecule has 0 aromatic heterocycles. The van der Waals surface area contributed by atoms with E-state index in [9.17, 15) is 43.2 Å². The van der Waals surface area contributed by atoms with Crippen molar-refractivity contribution >= 4 is 52.7 Å². The second-order valence-electron chi connectivity index (χ2n) is 28.0. The first kappa shape index (κ1) is 91.2. The smallest absolute Gasteiger partial charge is 0.305 e. The Kier molecular flexibility index (Phi) is 44.3. The van der Waals surface area contributed by atoms with Gasteiger partial charge in [0.15, 0.2) is 17.3 Å². The highest BCUT2D eigenvalue weighted by atomic mass is 16.5. The van der Waals surface area contributed by atoms with Crippen LogP contribution in [0.1, 0.15) is 218 Å². The molecule has 21 nitrogen and oxygen atoms in total. The van der Waals surface area contributed by atoms with Gasteiger partial charge in [-0.15, -0.1) is 0 Å². The van der Waals surface area contributed by atoms with Crippen LogP contribution in [0, 0.1) is 35.5 Å². The molecule has 2 heterocycles. The van der Waals surface area contributed by atoms with Gasteiger partial charge in [-0.05, 0) is 120 Å². The molecule has 99 heavy (non-hydrogen) atoms. The second kappa shape index (κ2) is 48.1. The third-order valence-corrected chi connectivity index (χ3v) is 19.2. The van der Waals surface area contributed by atoms with E-state index in [2.05, 4.69) is 66.2 Å². The van der Waals surface area contributed by atoms with Crippen molar-refractivity contribution in [3.8, 4) is 11.1 Å². The zero-order chi connectivity index (χ0) is 75.4. The number of carbonyl (C=O) groups is 9. The van der Waals surface area contributed by atoms with Crippen LogP contribution in [0.25, 0.3) is 11.1 Å². The molecule has 0 spiro atoms. The fourth-order valence-electron chi connectivity index (χ4n) is 13.5. The van der Waals surface area contributed by atoms with E-state index in [1.807, 2.05) is 100 Å². The Morgan fingerprint density at radius 2 is 1.15 bits per heavy atom. The van der Waals surface area contributed by atoms with Gasteiger partial charge in [0.05, 0.1) is 79.4 Å². The number of ketones is 4. The second-order valence-corrected chi connectivity index (χ2v) is 28.0. The number of Topliss-reactive ketones (excluding diaryl/α,β-unsaturated/α-hetero) is 4. The average molecular weight is 1390 g/mol. The number of hydrogen-bond acceptors (Lipinski definition) is 17. The molecule has 0 radical (unpaired) electrons. The first-order chi connectivity index (χ1) is 46.8. The number of carbonyl (C=O) groups excluding carboxylic acids is 9. The molecule has 0 bridgehead atoms. The van der Waals surface area contributed by atoms with E-state index >= 15 is 0 Å². The largest absolute Gasteiger partial charge is 0.465 e. The minimum Gasteiger partial charge on any atom is -0.465 e. The van der Waals surface area contributed by atoms with Gasteiger partial charge < -0.3 is 55.5 Å². The number of ether oxygens (including phenoxy) is 4. The van der Waals surface area contributed by atoms with E-state index in [1.54, 1.807) is 58.8 Å². The molecule has 3 aliphatic rings. The van der Waals surface area contributed by atoms with Crippen LogP contribution in [-0.2, 0) is 62.1 Å². The summed E-state index contributed by atoms with van der Waals surface area (Å²) in [5.41, 5.74) is 10.3. The average Bonchev–Trinajstić information content (AvgIpc) is 1.64. The Balaban J connectivity index is 0.000000789. The van der Waals surface area contributed by atoms with Gasteiger partial charge >= 0.3 is 5.97 Å². The van der Waals surface area contributed by atoms with Crippen molar-refractivity contribution in [1.29, 1.82) is 0 Å². The number of nitrogens with zero attached hydrogens (tertiary/aromatic N) is 3. The number of methoxy groups -OCH3 is 3. The molecule has 2 aromatic carbocycles. The maximum absolute atomic E-state index is 14.2. The van der Waals surface area contributed by atoms with Crippen molar-refractivity contribution in [1.82, 2.24) is 30.7 Å². The van der Waals surface area contributed by atoms with E-state index in [4.69, 9.17) is 29.8 Å². The summed E-state index contributed by atoms with van der Waals surface area (Å²) < 4.78 is 22.7. The Morgan fingerprint density at radius 3 is 1.57 bits per heavy atom. The van der Waals surface area contributed by atoms with Crippen molar-refractivity contribution in [2.75, 3.05) is 68.8 Å². The van der Waals surface area contributed by atoms with Crippen LogP contribution in [0.4, 0.5) is 0 Å². The number of nitrogens with one attached hydrogen (secondary N) is 3. The molecule has 4 amide bonds. The van der Waals surface area contributed by atoms with Gasteiger partial charge in [0, 0.05) is 84.9 Å². The van der Waals surface area contributed by atoms with Crippen molar-refractivity contribution in [3.05, 3.63) is 59.7 Å². The summed E-state index contributed by atoms with van der Waals surface area (Å²) in [6.07, 6.45) is 7.58. The molecule has 2 fully saturated rings. The van der Waals surface area contributed by atoms with E-state index in [0.717, 1.165) is 45.1 Å². The number of likely N-dealkylation sites (N-methyl/N-ethyl adjacent to an activating group) is 2. The van der Waals surface area contributed by atoms with Gasteiger partial charge in [0.1, 0.15) is 12.4 Å². The van der Waals surface area contributed by atoms with Crippen LogP contribution in [0.15, 0.2) is 48.5 Å². The lowest BCUT2D eigenvalue weighted by atomic mass is 9.83. The van der Waals surface area contributed by atoms with Gasteiger partial charge in [-0.1, -0.05) is 151 Å². The minimum absolute atomic E-state index is 0.000696. The maximum Gasteiger partial charge on any atom is 0.305 e. The molecule has 21 heteroatoms. The Labute approximate surface area is 596 Å².